The number of nitrogens with zero attached hydrogens (tertiary/aromatic N) is 2. The van der Waals surface area contributed by atoms with Crippen LogP contribution >= 0.6 is 22.9 Å². The lowest BCUT2D eigenvalue weighted by atomic mass is 9.90. The smallest absolute Gasteiger partial charge is 0.412 e. The van der Waals surface area contributed by atoms with Crippen molar-refractivity contribution in [3.8, 4) is 0 Å². The number of fused-ring (bicyclic) bond motifs is 2. The van der Waals surface area contributed by atoms with Gasteiger partial charge in [-0.2, -0.15) is 0 Å². The molecule has 2 aliphatic rings. The summed E-state index contributed by atoms with van der Waals surface area (Å²) in [4.78, 5) is 56.5. The summed E-state index contributed by atoms with van der Waals surface area (Å²) in [7, 11) is 1.25. The minimum Gasteiger partial charge on any atom is -0.453 e. The summed E-state index contributed by atoms with van der Waals surface area (Å²) < 4.78 is 10.3. The van der Waals surface area contributed by atoms with Crippen LogP contribution in [-0.4, -0.2) is 60.1 Å². The number of benzene rings is 2. The molecule has 1 fully saturated rings. The number of hydrogen-bond acceptors (Lipinski definition) is 8. The van der Waals surface area contributed by atoms with E-state index in [-0.39, 0.29) is 18.9 Å². The Labute approximate surface area is 232 Å². The Morgan fingerprint density at radius 1 is 1.26 bits per heavy atom. The van der Waals surface area contributed by atoms with Gasteiger partial charge in [0.25, 0.3) is 5.91 Å². The Morgan fingerprint density at radius 3 is 2.77 bits per heavy atom. The van der Waals surface area contributed by atoms with Crippen LogP contribution in [0.1, 0.15) is 28.0 Å². The van der Waals surface area contributed by atoms with Gasteiger partial charge in [-0.15, -0.1) is 11.3 Å². The summed E-state index contributed by atoms with van der Waals surface area (Å²) in [6.07, 6.45) is -0.667. The number of amides is 4. The van der Waals surface area contributed by atoms with E-state index in [1.54, 1.807) is 40.7 Å². The fraction of sp³-hybridized carbons (Fsp3) is 0.269. The molecule has 202 valence electrons. The third kappa shape index (κ3) is 5.66. The van der Waals surface area contributed by atoms with E-state index in [1.807, 2.05) is 5.38 Å². The topological polar surface area (TPSA) is 139 Å². The maximum atomic E-state index is 13.8. The molecule has 2 aromatic carbocycles. The van der Waals surface area contributed by atoms with E-state index in [1.165, 1.54) is 30.6 Å². The molecule has 5 rings (SSSR count). The van der Waals surface area contributed by atoms with Gasteiger partial charge in [0.05, 0.1) is 30.5 Å². The Hall–Kier alpha value is -4.16. The number of rotatable bonds is 6. The first-order chi connectivity index (χ1) is 18.8. The zero-order valence-corrected chi connectivity index (χ0v) is 22.3. The predicted octanol–water partition coefficient (Wildman–Crippen LogP) is 4.01. The van der Waals surface area contributed by atoms with Crippen LogP contribution in [0, 0.1) is 0 Å². The highest BCUT2D eigenvalue weighted by Gasteiger charge is 2.49. The van der Waals surface area contributed by atoms with Crippen LogP contribution < -0.4 is 16.0 Å². The molecule has 1 unspecified atom stereocenters. The van der Waals surface area contributed by atoms with Gasteiger partial charge >= 0.3 is 12.2 Å². The molecule has 1 spiro atoms. The van der Waals surface area contributed by atoms with E-state index < -0.39 is 29.7 Å². The van der Waals surface area contributed by atoms with Crippen molar-refractivity contribution in [2.75, 3.05) is 30.8 Å². The number of methoxy groups -OCH3 is 1. The molecule has 1 saturated heterocycles. The molecule has 3 aromatic rings. The molecular formula is C26H24ClN5O6S. The Bertz CT molecular complexity index is 1420. The number of hydrogen-bond donors (Lipinski definition) is 3. The van der Waals surface area contributed by atoms with E-state index in [0.29, 0.717) is 46.2 Å². The van der Waals surface area contributed by atoms with E-state index in [9.17, 15) is 19.2 Å². The average molecular weight is 570 g/mol. The lowest BCUT2D eigenvalue weighted by molar-refractivity contribution is -0.133. The third-order valence-electron chi connectivity index (χ3n) is 6.62. The van der Waals surface area contributed by atoms with Crippen LogP contribution in [0.2, 0.25) is 5.02 Å². The zero-order chi connectivity index (χ0) is 27.6. The van der Waals surface area contributed by atoms with Crippen molar-refractivity contribution in [2.24, 2.45) is 0 Å². The number of halogens is 1. The first-order valence-electron chi connectivity index (χ1n) is 12.0. The highest BCUT2D eigenvalue weighted by molar-refractivity contribution is 7.07. The summed E-state index contributed by atoms with van der Waals surface area (Å²) in [5.74, 6) is -0.789. The lowest BCUT2D eigenvalue weighted by Crippen LogP contribution is -2.50. The molecule has 2 atom stereocenters. The molecule has 0 bridgehead atoms. The average Bonchev–Trinajstić information content (AvgIpc) is 3.59. The minimum atomic E-state index is -1.05. The zero-order valence-electron chi connectivity index (χ0n) is 20.7. The van der Waals surface area contributed by atoms with Crippen LogP contribution in [-0.2, 0) is 26.3 Å². The van der Waals surface area contributed by atoms with Crippen molar-refractivity contribution in [3.05, 3.63) is 75.2 Å². The number of nitrogens with one attached hydrogen (secondary N) is 3. The van der Waals surface area contributed by atoms with Crippen molar-refractivity contribution in [2.45, 2.75) is 24.5 Å². The number of likely N-dealkylation sites (tertiary alicyclic amines) is 1. The maximum absolute atomic E-state index is 13.8. The number of aromatic nitrogens is 1. The van der Waals surface area contributed by atoms with Crippen molar-refractivity contribution in [3.63, 3.8) is 0 Å². The second kappa shape index (κ2) is 10.9. The van der Waals surface area contributed by atoms with Crippen molar-refractivity contribution < 1.29 is 28.7 Å². The monoisotopic (exact) mass is 569 g/mol. The molecule has 2 aliphatic heterocycles. The highest BCUT2D eigenvalue weighted by atomic mass is 35.5. The molecule has 0 aliphatic carbocycles. The van der Waals surface area contributed by atoms with Gasteiger partial charge in [-0.1, -0.05) is 11.6 Å². The van der Waals surface area contributed by atoms with Crippen LogP contribution in [0.15, 0.2) is 53.4 Å². The second-order valence-corrected chi connectivity index (χ2v) is 10.3. The van der Waals surface area contributed by atoms with E-state index in [4.69, 9.17) is 16.3 Å². The first kappa shape index (κ1) is 26.4. The lowest BCUT2D eigenvalue weighted by Gasteiger charge is -2.35. The number of anilines is 2. The third-order valence-corrected chi connectivity index (χ3v) is 7.49. The summed E-state index contributed by atoms with van der Waals surface area (Å²) in [6.45, 7) is 0.430. The molecule has 11 nitrogen and oxygen atoms in total. The van der Waals surface area contributed by atoms with Crippen LogP contribution in [0.5, 0.6) is 0 Å². The molecule has 3 heterocycles. The van der Waals surface area contributed by atoms with Crippen LogP contribution in [0.3, 0.4) is 0 Å². The molecule has 0 radical (unpaired) electrons. The van der Waals surface area contributed by atoms with Gasteiger partial charge in [-0.3, -0.25) is 20.2 Å². The van der Waals surface area contributed by atoms with Crippen molar-refractivity contribution in [1.29, 1.82) is 0 Å². The largest absolute Gasteiger partial charge is 0.453 e. The minimum absolute atomic E-state index is 0.115. The number of thiazole rings is 1. The summed E-state index contributed by atoms with van der Waals surface area (Å²) >= 11 is 7.62. The fourth-order valence-corrected chi connectivity index (χ4v) is 5.47. The number of carbonyl (C=O) groups excluding carboxylic acids is 4. The van der Waals surface area contributed by atoms with E-state index in [0.717, 1.165) is 0 Å². The number of carbonyl (C=O) groups is 4. The molecule has 13 heteroatoms. The van der Waals surface area contributed by atoms with Gasteiger partial charge < -0.3 is 19.7 Å². The quantitative estimate of drug-likeness (QED) is 0.407. The van der Waals surface area contributed by atoms with Crippen molar-refractivity contribution in [1.82, 2.24) is 15.2 Å². The molecule has 0 saturated carbocycles. The van der Waals surface area contributed by atoms with Gasteiger partial charge in [-0.25, -0.2) is 14.6 Å². The standard InChI is InChI=1S/C26H24ClN5O6S/c1-37-24(35)29-17-5-2-15(3-6-17)22(33)30-21(11-18-12-39-14-28-18)23(34)32-9-8-26(13-32)19-10-16(27)4-7-20(19)31-25(36)38-26/h2-7,10,12,14,21H,8-9,11,13H2,1H3,(H,29,35)(H,30,33)(H,31,36)/t21-,26?/m0/s1. The Morgan fingerprint density at radius 2 is 2.05 bits per heavy atom. The van der Waals surface area contributed by atoms with Gasteiger partial charge in [0, 0.05) is 46.6 Å². The second-order valence-electron chi connectivity index (χ2n) is 9.11. The predicted molar refractivity (Wildman–Crippen MR) is 144 cm³/mol. The molecule has 39 heavy (non-hydrogen) atoms. The summed E-state index contributed by atoms with van der Waals surface area (Å²) in [5.41, 5.74) is 3.31. The molecule has 3 N–H and O–H groups in total. The Balaban J connectivity index is 1.35. The molecule has 4 amide bonds. The summed E-state index contributed by atoms with van der Waals surface area (Å²) in [5, 5.41) is 10.3. The SMILES string of the molecule is COC(=O)Nc1ccc(C(=O)N[C@@H](Cc2cscn2)C(=O)N2CCC3(C2)OC(=O)Nc2ccc(Cl)cc23)cc1. The molecule has 1 aromatic heterocycles. The van der Waals surface area contributed by atoms with Crippen LogP contribution in [0.25, 0.3) is 0 Å². The molecular weight excluding hydrogens is 546 g/mol. The van der Waals surface area contributed by atoms with Gasteiger partial charge in [0.15, 0.2) is 5.60 Å². The maximum Gasteiger partial charge on any atom is 0.412 e. The number of ether oxygens (including phenoxy) is 2. The summed E-state index contributed by atoms with van der Waals surface area (Å²) in [6, 6.07) is 10.4. The highest BCUT2D eigenvalue weighted by Crippen LogP contribution is 2.43. The fourth-order valence-electron chi connectivity index (χ4n) is 4.73. The first-order valence-corrected chi connectivity index (χ1v) is 13.3. The Kier molecular flexibility index (Phi) is 7.40. The van der Waals surface area contributed by atoms with E-state index >= 15 is 0 Å². The van der Waals surface area contributed by atoms with Crippen molar-refractivity contribution >= 4 is 58.3 Å². The van der Waals surface area contributed by atoms with Gasteiger partial charge in [0.1, 0.15) is 6.04 Å². The van der Waals surface area contributed by atoms with Gasteiger partial charge in [-0.05, 0) is 42.5 Å². The van der Waals surface area contributed by atoms with Crippen LogP contribution in [0.4, 0.5) is 21.0 Å². The van der Waals surface area contributed by atoms with E-state index in [2.05, 4.69) is 25.7 Å². The van der Waals surface area contributed by atoms with Gasteiger partial charge in [0.2, 0.25) is 5.91 Å². The normalized spacial score (nSPS) is 18.5.